The molecule has 1 amide bonds. The number of carbonyl (C=O) groups excluding carboxylic acids is 1. The number of sulfonamides is 1. The smallest absolute Gasteiger partial charge is 0.251 e. The van der Waals surface area contributed by atoms with Crippen molar-refractivity contribution in [1.82, 2.24) is 9.62 Å². The van der Waals surface area contributed by atoms with Gasteiger partial charge < -0.3 is 5.32 Å². The Morgan fingerprint density at radius 2 is 1.67 bits per heavy atom. The first-order valence-corrected chi connectivity index (χ1v) is 10.5. The minimum Gasteiger partial charge on any atom is -0.346 e. The van der Waals surface area contributed by atoms with Crippen LogP contribution in [0.1, 0.15) is 48.3 Å². The molecule has 0 unspecified atom stereocenters. The van der Waals surface area contributed by atoms with Crippen molar-refractivity contribution >= 4 is 15.9 Å². The van der Waals surface area contributed by atoms with Crippen molar-refractivity contribution in [3.05, 3.63) is 65.2 Å². The van der Waals surface area contributed by atoms with E-state index in [9.17, 15) is 13.2 Å². The van der Waals surface area contributed by atoms with E-state index in [0.717, 1.165) is 16.3 Å². The maximum absolute atomic E-state index is 12.6. The Kier molecular flexibility index (Phi) is 6.78. The van der Waals surface area contributed by atoms with Crippen molar-refractivity contribution < 1.29 is 13.2 Å². The van der Waals surface area contributed by atoms with Crippen molar-refractivity contribution in [2.75, 3.05) is 14.1 Å². The van der Waals surface area contributed by atoms with Gasteiger partial charge in [0, 0.05) is 19.7 Å². The summed E-state index contributed by atoms with van der Waals surface area (Å²) < 4.78 is 25.6. The lowest BCUT2D eigenvalue weighted by Gasteiger charge is -2.16. The molecule has 1 atom stereocenters. The second-order valence-corrected chi connectivity index (χ2v) is 9.50. The van der Waals surface area contributed by atoms with Crippen LogP contribution in [0.15, 0.2) is 53.4 Å². The van der Waals surface area contributed by atoms with Gasteiger partial charge in [-0.25, -0.2) is 12.7 Å². The molecule has 5 nitrogen and oxygen atoms in total. The van der Waals surface area contributed by atoms with E-state index in [0.29, 0.717) is 11.5 Å². The third-order valence-corrected chi connectivity index (χ3v) is 6.16. The molecule has 0 fully saturated rings. The highest BCUT2D eigenvalue weighted by atomic mass is 32.2. The minimum absolute atomic E-state index is 0.103. The second-order valence-electron chi connectivity index (χ2n) is 7.35. The third kappa shape index (κ3) is 5.40. The number of amides is 1. The van der Waals surface area contributed by atoms with Crippen molar-refractivity contribution in [1.29, 1.82) is 0 Å². The lowest BCUT2D eigenvalue weighted by Crippen LogP contribution is -2.27. The Morgan fingerprint density at radius 3 is 2.22 bits per heavy atom. The van der Waals surface area contributed by atoms with Crippen LogP contribution in [0.4, 0.5) is 0 Å². The Labute approximate surface area is 162 Å². The molecule has 0 aliphatic carbocycles. The van der Waals surface area contributed by atoms with Crippen LogP contribution in [0.2, 0.25) is 0 Å². The first-order valence-electron chi connectivity index (χ1n) is 9.03. The van der Waals surface area contributed by atoms with Crippen molar-refractivity contribution in [2.24, 2.45) is 5.92 Å². The molecule has 0 aromatic heterocycles. The zero-order valence-electron chi connectivity index (χ0n) is 16.6. The van der Waals surface area contributed by atoms with Crippen molar-refractivity contribution in [3.8, 4) is 0 Å². The number of carbonyl (C=O) groups is 1. The van der Waals surface area contributed by atoms with Crippen LogP contribution >= 0.6 is 0 Å². The number of hydrogen-bond donors (Lipinski definition) is 1. The molecule has 0 saturated heterocycles. The molecule has 2 rings (SSSR count). The summed E-state index contributed by atoms with van der Waals surface area (Å²) in [6.45, 7) is 6.28. The van der Waals surface area contributed by atoms with E-state index in [1.54, 1.807) is 12.1 Å². The van der Waals surface area contributed by atoms with Gasteiger partial charge in [0.05, 0.1) is 10.9 Å². The van der Waals surface area contributed by atoms with E-state index in [2.05, 4.69) is 31.3 Å². The quantitative estimate of drug-likeness (QED) is 0.788. The molecule has 0 radical (unpaired) electrons. The third-order valence-electron chi connectivity index (χ3n) is 4.35. The van der Waals surface area contributed by atoms with E-state index in [1.807, 2.05) is 19.1 Å². The molecule has 2 aromatic carbocycles. The number of benzene rings is 2. The second kappa shape index (κ2) is 8.67. The summed E-state index contributed by atoms with van der Waals surface area (Å²) >= 11 is 0. The number of hydrogen-bond acceptors (Lipinski definition) is 3. The maximum Gasteiger partial charge on any atom is 0.251 e. The molecule has 0 spiro atoms. The average Bonchev–Trinajstić information content (AvgIpc) is 2.61. The summed E-state index contributed by atoms with van der Waals surface area (Å²) in [5.74, 6) is 0.295. The predicted octanol–water partition coefficient (Wildman–Crippen LogP) is 3.63. The van der Waals surface area contributed by atoms with Crippen LogP contribution in [0, 0.1) is 5.92 Å². The fraction of sp³-hybridized carbons (Fsp3) is 0.381. The highest BCUT2D eigenvalue weighted by Crippen LogP contribution is 2.18. The van der Waals surface area contributed by atoms with Gasteiger partial charge in [-0.15, -0.1) is 0 Å². The van der Waals surface area contributed by atoms with Crippen molar-refractivity contribution in [3.63, 3.8) is 0 Å². The zero-order valence-corrected chi connectivity index (χ0v) is 17.4. The van der Waals surface area contributed by atoms with Crippen molar-refractivity contribution in [2.45, 2.75) is 38.1 Å². The van der Waals surface area contributed by atoms with Crippen LogP contribution in [0.25, 0.3) is 0 Å². The highest BCUT2D eigenvalue weighted by molar-refractivity contribution is 7.89. The van der Waals surface area contributed by atoms with Gasteiger partial charge in [-0.2, -0.15) is 0 Å². The fourth-order valence-electron chi connectivity index (χ4n) is 2.79. The number of nitrogens with zero attached hydrogens (tertiary/aromatic N) is 1. The lowest BCUT2D eigenvalue weighted by atomic mass is 10.00. The molecule has 0 saturated carbocycles. The Balaban J connectivity index is 2.13. The summed E-state index contributed by atoms with van der Waals surface area (Å²) in [5.41, 5.74) is 2.60. The van der Waals surface area contributed by atoms with Crippen LogP contribution in [0.5, 0.6) is 0 Å². The average molecular weight is 389 g/mol. The minimum atomic E-state index is -3.58. The Morgan fingerprint density at radius 1 is 1.04 bits per heavy atom. The first-order chi connectivity index (χ1) is 12.6. The van der Waals surface area contributed by atoms with Crippen LogP contribution in [-0.2, 0) is 16.4 Å². The summed E-state index contributed by atoms with van der Waals surface area (Å²) in [6.07, 6.45) is 1.02. The molecule has 27 heavy (non-hydrogen) atoms. The van der Waals surface area contributed by atoms with E-state index >= 15 is 0 Å². The standard InChI is InChI=1S/C21H28N2O3S/c1-15(2)13-17-9-11-18(12-10-17)16(3)22-21(24)19-7-6-8-20(14-19)27(25,26)23(4)5/h6-12,14-16H,13H2,1-5H3,(H,22,24)/t16-/m0/s1. The Bertz CT molecular complexity index is 888. The fourth-order valence-corrected chi connectivity index (χ4v) is 3.73. The molecule has 0 bridgehead atoms. The number of rotatable bonds is 7. The Hall–Kier alpha value is -2.18. The normalized spacial score (nSPS) is 13.0. The first kappa shape index (κ1) is 21.1. The van der Waals surface area contributed by atoms with E-state index in [4.69, 9.17) is 0 Å². The summed E-state index contributed by atoms with van der Waals surface area (Å²) in [5, 5.41) is 2.93. The highest BCUT2D eigenvalue weighted by Gasteiger charge is 2.19. The molecule has 146 valence electrons. The molecular weight excluding hydrogens is 360 g/mol. The molecule has 1 N–H and O–H groups in total. The molecule has 0 heterocycles. The number of nitrogens with one attached hydrogen (secondary N) is 1. The summed E-state index contributed by atoms with van der Waals surface area (Å²) in [6, 6.07) is 14.1. The van der Waals surface area contributed by atoms with Crippen LogP contribution in [0.3, 0.4) is 0 Å². The maximum atomic E-state index is 12.6. The topological polar surface area (TPSA) is 66.5 Å². The van der Waals surface area contributed by atoms with Gasteiger partial charge in [0.1, 0.15) is 0 Å². The lowest BCUT2D eigenvalue weighted by molar-refractivity contribution is 0.0939. The molecule has 0 aliphatic rings. The van der Waals surface area contributed by atoms with Crippen LogP contribution < -0.4 is 5.32 Å². The molecular formula is C21H28N2O3S. The van der Waals surface area contributed by atoms with Gasteiger partial charge in [-0.1, -0.05) is 44.2 Å². The summed E-state index contributed by atoms with van der Waals surface area (Å²) in [7, 11) is -0.644. The van der Waals surface area contributed by atoms with Gasteiger partial charge in [0.25, 0.3) is 5.91 Å². The molecule has 2 aromatic rings. The van der Waals surface area contributed by atoms with Gasteiger partial charge >= 0.3 is 0 Å². The SMILES string of the molecule is CC(C)Cc1ccc([C@H](C)NC(=O)c2cccc(S(=O)(=O)N(C)C)c2)cc1. The van der Waals surface area contributed by atoms with Crippen LogP contribution in [-0.4, -0.2) is 32.7 Å². The predicted molar refractivity (Wildman–Crippen MR) is 108 cm³/mol. The van der Waals surface area contributed by atoms with Gasteiger partial charge in [0.2, 0.25) is 10.0 Å². The summed E-state index contributed by atoms with van der Waals surface area (Å²) in [4.78, 5) is 12.7. The zero-order chi connectivity index (χ0) is 20.2. The molecule has 0 aliphatic heterocycles. The largest absolute Gasteiger partial charge is 0.346 e. The van der Waals surface area contributed by atoms with E-state index < -0.39 is 10.0 Å². The van der Waals surface area contributed by atoms with E-state index in [1.165, 1.54) is 31.8 Å². The monoisotopic (exact) mass is 388 g/mol. The molecule has 6 heteroatoms. The van der Waals surface area contributed by atoms with E-state index in [-0.39, 0.29) is 16.8 Å². The van der Waals surface area contributed by atoms with Gasteiger partial charge in [0.15, 0.2) is 0 Å². The van der Waals surface area contributed by atoms with Gasteiger partial charge in [-0.05, 0) is 48.6 Å². The van der Waals surface area contributed by atoms with Gasteiger partial charge in [-0.3, -0.25) is 4.79 Å².